The summed E-state index contributed by atoms with van der Waals surface area (Å²) < 4.78 is 0. The number of hydrogen-bond donors (Lipinski definition) is 0. The Morgan fingerprint density at radius 2 is 0.625 bits per heavy atom. The molecule has 11 rings (SSSR count). The van der Waals surface area contributed by atoms with Crippen LogP contribution in [0.1, 0.15) is 0 Å². The van der Waals surface area contributed by atoms with E-state index in [1.807, 2.05) is 43.0 Å². The minimum atomic E-state index is 0.600. The van der Waals surface area contributed by atoms with E-state index < -0.39 is 0 Å². The van der Waals surface area contributed by atoms with Crippen molar-refractivity contribution < 1.29 is 0 Å². The molecular weight excluding hydrogens is 687 g/mol. The van der Waals surface area contributed by atoms with Crippen LogP contribution in [0, 0.1) is 0 Å². The van der Waals surface area contributed by atoms with Gasteiger partial charge in [-0.1, -0.05) is 121 Å². The zero-order chi connectivity index (χ0) is 37.0. The van der Waals surface area contributed by atoms with Gasteiger partial charge in [0.1, 0.15) is 0 Å². The molecule has 0 fully saturated rings. The SMILES string of the molecule is c1ccc2cc(-c3nc(-c4ccc(-c5cnc6c(ccc7cccnc76)c5)cc4)nc(-c4ccc(-c5cnc6c(ccc7cccnc76)c5)cc4)n3)ccc2c1. The van der Waals surface area contributed by atoms with Gasteiger partial charge in [-0.05, 0) is 52.2 Å². The van der Waals surface area contributed by atoms with Crippen molar-refractivity contribution in [3.05, 3.63) is 176 Å². The predicted octanol–water partition coefficient (Wildman–Crippen LogP) is 11.6. The maximum absolute atomic E-state index is 5.05. The summed E-state index contributed by atoms with van der Waals surface area (Å²) >= 11 is 0. The molecule has 0 aliphatic rings. The average Bonchev–Trinajstić information content (AvgIpc) is 3.28. The monoisotopic (exact) mass is 715 g/mol. The van der Waals surface area contributed by atoms with E-state index in [4.69, 9.17) is 24.9 Å². The van der Waals surface area contributed by atoms with Crippen LogP contribution in [0.15, 0.2) is 176 Å². The van der Waals surface area contributed by atoms with E-state index >= 15 is 0 Å². The Bertz CT molecular complexity index is 3130. The highest BCUT2D eigenvalue weighted by Gasteiger charge is 2.15. The standard InChI is InChI=1S/C49H29N7/c1-2-6-37-25-40(22-13-30(37)5-1)49-55-47(35-16-9-31(10-17-35)41-26-38-20-14-33-7-3-23-50-43(33)45(38)52-28-41)54-48(56-49)36-18-11-32(12-19-36)42-27-39-21-15-34-8-4-24-51-44(34)46(39)53-29-42/h1-29H. The number of rotatable bonds is 5. The number of pyridine rings is 4. The van der Waals surface area contributed by atoms with Gasteiger partial charge in [-0.2, -0.15) is 0 Å². The first-order valence-corrected chi connectivity index (χ1v) is 18.4. The summed E-state index contributed by atoms with van der Waals surface area (Å²) in [7, 11) is 0. The Morgan fingerprint density at radius 3 is 1.16 bits per heavy atom. The Morgan fingerprint density at radius 1 is 0.250 bits per heavy atom. The first-order valence-electron chi connectivity index (χ1n) is 18.4. The van der Waals surface area contributed by atoms with Crippen LogP contribution < -0.4 is 0 Å². The quantitative estimate of drug-likeness (QED) is 0.164. The molecule has 7 heteroatoms. The number of aromatic nitrogens is 7. The third-order valence-electron chi connectivity index (χ3n) is 10.4. The molecule has 0 amide bonds. The first kappa shape index (κ1) is 31.7. The zero-order valence-corrected chi connectivity index (χ0v) is 29.9. The molecule has 0 bridgehead atoms. The number of nitrogens with zero attached hydrogens (tertiary/aromatic N) is 7. The molecule has 0 spiro atoms. The fourth-order valence-electron chi connectivity index (χ4n) is 7.50. The van der Waals surface area contributed by atoms with E-state index in [2.05, 4.69) is 143 Å². The summed E-state index contributed by atoms with van der Waals surface area (Å²) in [6, 6.07) is 52.1. The maximum Gasteiger partial charge on any atom is 0.164 e. The lowest BCUT2D eigenvalue weighted by Gasteiger charge is -2.11. The highest BCUT2D eigenvalue weighted by Crippen LogP contribution is 2.32. The van der Waals surface area contributed by atoms with Crippen molar-refractivity contribution in [2.75, 3.05) is 0 Å². The maximum atomic E-state index is 5.05. The van der Waals surface area contributed by atoms with Gasteiger partial charge in [-0.15, -0.1) is 0 Å². The van der Waals surface area contributed by atoms with Crippen molar-refractivity contribution in [3.8, 4) is 56.4 Å². The minimum Gasteiger partial charge on any atom is -0.254 e. The molecule has 56 heavy (non-hydrogen) atoms. The fraction of sp³-hybridized carbons (Fsp3) is 0. The van der Waals surface area contributed by atoms with Crippen LogP contribution >= 0.6 is 0 Å². The Hall–Kier alpha value is -7.77. The second-order valence-corrected chi connectivity index (χ2v) is 13.9. The lowest BCUT2D eigenvalue weighted by molar-refractivity contribution is 1.07. The second-order valence-electron chi connectivity index (χ2n) is 13.9. The van der Waals surface area contributed by atoms with Gasteiger partial charge in [-0.3, -0.25) is 19.9 Å². The lowest BCUT2D eigenvalue weighted by Crippen LogP contribution is -2.00. The van der Waals surface area contributed by atoms with Crippen LogP contribution in [-0.4, -0.2) is 34.9 Å². The van der Waals surface area contributed by atoms with E-state index in [1.54, 1.807) is 0 Å². The summed E-state index contributed by atoms with van der Waals surface area (Å²) in [5, 5.41) is 6.55. The number of fused-ring (bicyclic) bond motifs is 7. The van der Waals surface area contributed by atoms with E-state index in [-0.39, 0.29) is 0 Å². The van der Waals surface area contributed by atoms with Gasteiger partial charge in [0, 0.05) is 74.1 Å². The molecule has 5 aromatic heterocycles. The van der Waals surface area contributed by atoms with Gasteiger partial charge in [0.05, 0.1) is 22.1 Å². The first-order chi connectivity index (χ1) is 27.7. The van der Waals surface area contributed by atoms with Crippen LogP contribution in [0.2, 0.25) is 0 Å². The van der Waals surface area contributed by atoms with Gasteiger partial charge < -0.3 is 0 Å². The summed E-state index contributed by atoms with van der Waals surface area (Å²) in [5.41, 5.74) is 10.5. The Labute approximate surface area is 321 Å². The largest absolute Gasteiger partial charge is 0.254 e. The van der Waals surface area contributed by atoms with Gasteiger partial charge in [0.2, 0.25) is 0 Å². The highest BCUT2D eigenvalue weighted by atomic mass is 15.0. The summed E-state index contributed by atoms with van der Waals surface area (Å²) in [6.45, 7) is 0. The van der Waals surface area contributed by atoms with Crippen molar-refractivity contribution in [2.45, 2.75) is 0 Å². The third kappa shape index (κ3) is 5.58. The molecule has 6 aromatic carbocycles. The third-order valence-corrected chi connectivity index (χ3v) is 10.4. The minimum absolute atomic E-state index is 0.600. The zero-order valence-electron chi connectivity index (χ0n) is 29.9. The van der Waals surface area contributed by atoms with Crippen molar-refractivity contribution in [1.82, 2.24) is 34.9 Å². The summed E-state index contributed by atoms with van der Waals surface area (Å²) in [5.74, 6) is 1.81. The molecule has 0 unspecified atom stereocenters. The van der Waals surface area contributed by atoms with Crippen molar-refractivity contribution in [1.29, 1.82) is 0 Å². The molecule has 7 nitrogen and oxygen atoms in total. The van der Waals surface area contributed by atoms with Gasteiger partial charge in [-0.25, -0.2) is 15.0 Å². The smallest absolute Gasteiger partial charge is 0.164 e. The summed E-state index contributed by atoms with van der Waals surface area (Å²) in [4.78, 5) is 33.9. The van der Waals surface area contributed by atoms with E-state index in [0.717, 1.165) is 93.3 Å². The summed E-state index contributed by atoms with van der Waals surface area (Å²) in [6.07, 6.45) is 7.46. The van der Waals surface area contributed by atoms with Crippen LogP contribution in [-0.2, 0) is 0 Å². The average molecular weight is 716 g/mol. The molecule has 0 radical (unpaired) electrons. The van der Waals surface area contributed by atoms with Crippen LogP contribution in [0.3, 0.4) is 0 Å². The normalized spacial score (nSPS) is 11.6. The topological polar surface area (TPSA) is 90.2 Å². The number of hydrogen-bond acceptors (Lipinski definition) is 7. The van der Waals surface area contributed by atoms with Gasteiger partial charge in [0.15, 0.2) is 17.5 Å². The van der Waals surface area contributed by atoms with Gasteiger partial charge >= 0.3 is 0 Å². The predicted molar refractivity (Wildman–Crippen MR) is 226 cm³/mol. The number of benzene rings is 6. The molecule has 5 heterocycles. The molecule has 0 aliphatic heterocycles. The van der Waals surface area contributed by atoms with Crippen LogP contribution in [0.25, 0.3) is 111 Å². The fourth-order valence-corrected chi connectivity index (χ4v) is 7.50. The lowest BCUT2D eigenvalue weighted by atomic mass is 10.0. The van der Waals surface area contributed by atoms with Gasteiger partial charge in [0.25, 0.3) is 0 Å². The van der Waals surface area contributed by atoms with Crippen molar-refractivity contribution in [2.24, 2.45) is 0 Å². The Kier molecular flexibility index (Phi) is 7.35. The molecule has 0 saturated heterocycles. The second kappa shape index (κ2) is 13.0. The molecular formula is C49H29N7. The molecule has 11 aromatic rings. The molecule has 0 saturated carbocycles. The van der Waals surface area contributed by atoms with E-state index in [9.17, 15) is 0 Å². The van der Waals surface area contributed by atoms with Crippen molar-refractivity contribution in [3.63, 3.8) is 0 Å². The molecule has 0 aliphatic carbocycles. The molecule has 0 N–H and O–H groups in total. The van der Waals surface area contributed by atoms with Crippen LogP contribution in [0.5, 0.6) is 0 Å². The molecule has 260 valence electrons. The van der Waals surface area contributed by atoms with E-state index in [0.29, 0.717) is 17.5 Å². The van der Waals surface area contributed by atoms with Crippen molar-refractivity contribution >= 4 is 54.4 Å². The van der Waals surface area contributed by atoms with E-state index in [1.165, 1.54) is 0 Å². The Balaban J connectivity index is 0.965. The highest BCUT2D eigenvalue weighted by molar-refractivity contribution is 6.04. The van der Waals surface area contributed by atoms with Crippen LogP contribution in [0.4, 0.5) is 0 Å². The molecule has 0 atom stereocenters.